The van der Waals surface area contributed by atoms with Crippen LogP contribution in [-0.2, 0) is 0 Å². The van der Waals surface area contributed by atoms with Crippen LogP contribution in [0.4, 0.5) is 0 Å². The van der Waals surface area contributed by atoms with Gasteiger partial charge in [0.2, 0.25) is 0 Å². The van der Waals surface area contributed by atoms with Crippen LogP contribution in [0.3, 0.4) is 0 Å². The smallest absolute Gasteiger partial charge is 0.341 e. The average molecular weight is 235 g/mol. The SMILES string of the molecule is C/C(O)=c1/c(C)nc2c(C(=O)O)cnn2c1=O. The number of nitrogens with zero attached hydrogens (tertiary/aromatic N) is 3. The molecule has 2 N–H and O–H groups in total. The molecular weight excluding hydrogens is 226 g/mol. The Balaban J connectivity index is 3.05. The van der Waals surface area contributed by atoms with Gasteiger partial charge in [0.1, 0.15) is 16.5 Å². The number of aryl methyl sites for hydroxylation is 1. The van der Waals surface area contributed by atoms with E-state index in [4.69, 9.17) is 5.11 Å². The van der Waals surface area contributed by atoms with Crippen molar-refractivity contribution in [1.82, 2.24) is 14.6 Å². The van der Waals surface area contributed by atoms with Gasteiger partial charge in [0.05, 0.1) is 11.9 Å². The molecule has 0 bridgehead atoms. The van der Waals surface area contributed by atoms with E-state index in [0.717, 1.165) is 10.7 Å². The molecule has 2 rings (SSSR count). The first-order valence-corrected chi connectivity index (χ1v) is 4.75. The van der Waals surface area contributed by atoms with Gasteiger partial charge in [-0.25, -0.2) is 9.78 Å². The number of rotatable bonds is 1. The van der Waals surface area contributed by atoms with E-state index in [1.807, 2.05) is 0 Å². The van der Waals surface area contributed by atoms with Crippen molar-refractivity contribution in [2.45, 2.75) is 13.8 Å². The minimum Gasteiger partial charge on any atom is -0.512 e. The van der Waals surface area contributed by atoms with Crippen LogP contribution < -0.4 is 10.8 Å². The number of carboxylic acid groups (broad SMARTS) is 1. The molecule has 0 aliphatic carbocycles. The summed E-state index contributed by atoms with van der Waals surface area (Å²) >= 11 is 0. The lowest BCUT2D eigenvalue weighted by molar-refractivity contribution is 0.0699. The lowest BCUT2D eigenvalue weighted by atomic mass is 10.3. The highest BCUT2D eigenvalue weighted by atomic mass is 16.4. The Morgan fingerprint density at radius 2 is 2.06 bits per heavy atom. The van der Waals surface area contributed by atoms with E-state index in [0.29, 0.717) is 0 Å². The molecule has 17 heavy (non-hydrogen) atoms. The molecule has 0 atom stereocenters. The summed E-state index contributed by atoms with van der Waals surface area (Å²) < 4.78 is 0.867. The Labute approximate surface area is 94.6 Å². The maximum atomic E-state index is 11.9. The fourth-order valence-electron chi connectivity index (χ4n) is 1.64. The van der Waals surface area contributed by atoms with E-state index in [-0.39, 0.29) is 27.9 Å². The Morgan fingerprint density at radius 3 is 2.59 bits per heavy atom. The molecule has 88 valence electrons. The molecule has 0 amide bonds. The third-order valence-electron chi connectivity index (χ3n) is 2.38. The van der Waals surface area contributed by atoms with Crippen LogP contribution in [0, 0.1) is 6.92 Å². The summed E-state index contributed by atoms with van der Waals surface area (Å²) in [7, 11) is 0. The highest BCUT2D eigenvalue weighted by Crippen LogP contribution is 2.04. The summed E-state index contributed by atoms with van der Waals surface area (Å²) in [5.74, 6) is -1.38. The number of hydrogen-bond donors (Lipinski definition) is 2. The Morgan fingerprint density at radius 1 is 1.41 bits per heavy atom. The van der Waals surface area contributed by atoms with E-state index >= 15 is 0 Å². The van der Waals surface area contributed by atoms with Gasteiger partial charge in [0, 0.05) is 0 Å². The molecule has 0 unspecified atom stereocenters. The molecule has 2 aromatic heterocycles. The minimum atomic E-state index is -1.20. The number of fused-ring (bicyclic) bond motifs is 1. The van der Waals surface area contributed by atoms with Gasteiger partial charge in [-0.05, 0) is 13.8 Å². The number of aromatic carboxylic acids is 1. The number of aliphatic hydroxyl groups is 1. The first kappa shape index (κ1) is 11.1. The number of carbonyl (C=O) groups is 1. The zero-order chi connectivity index (χ0) is 12.7. The zero-order valence-electron chi connectivity index (χ0n) is 9.13. The van der Waals surface area contributed by atoms with Crippen LogP contribution in [0.2, 0.25) is 0 Å². The normalized spacial score (nSPS) is 12.8. The summed E-state index contributed by atoms with van der Waals surface area (Å²) in [6.07, 6.45) is 1.06. The summed E-state index contributed by atoms with van der Waals surface area (Å²) in [5, 5.41) is 22.0. The van der Waals surface area contributed by atoms with Crippen molar-refractivity contribution in [2.75, 3.05) is 0 Å². The van der Waals surface area contributed by atoms with Crippen molar-refractivity contribution in [3.63, 3.8) is 0 Å². The molecule has 0 fully saturated rings. The first-order chi connectivity index (χ1) is 7.93. The van der Waals surface area contributed by atoms with E-state index in [9.17, 15) is 14.7 Å². The number of carboxylic acids is 1. The Kier molecular flexibility index (Phi) is 2.31. The van der Waals surface area contributed by atoms with Crippen molar-refractivity contribution in [3.05, 3.63) is 33.0 Å². The van der Waals surface area contributed by atoms with Gasteiger partial charge in [-0.2, -0.15) is 9.61 Å². The largest absolute Gasteiger partial charge is 0.512 e. The van der Waals surface area contributed by atoms with Gasteiger partial charge in [0.25, 0.3) is 5.56 Å². The summed E-state index contributed by atoms with van der Waals surface area (Å²) in [6.45, 7) is 2.88. The van der Waals surface area contributed by atoms with Gasteiger partial charge in [-0.1, -0.05) is 0 Å². The molecule has 0 spiro atoms. The minimum absolute atomic E-state index is 0.0231. The fourth-order valence-corrected chi connectivity index (χ4v) is 1.64. The van der Waals surface area contributed by atoms with Gasteiger partial charge >= 0.3 is 5.97 Å². The van der Waals surface area contributed by atoms with Crippen molar-refractivity contribution in [1.29, 1.82) is 0 Å². The van der Waals surface area contributed by atoms with Crippen LogP contribution >= 0.6 is 0 Å². The monoisotopic (exact) mass is 235 g/mol. The second-order valence-electron chi connectivity index (χ2n) is 3.56. The van der Waals surface area contributed by atoms with Crippen LogP contribution in [0.5, 0.6) is 0 Å². The van der Waals surface area contributed by atoms with Crippen LogP contribution in [-0.4, -0.2) is 30.8 Å². The molecule has 7 nitrogen and oxygen atoms in total. The topological polar surface area (TPSA) is 105 Å². The highest BCUT2D eigenvalue weighted by molar-refractivity contribution is 5.94. The van der Waals surface area contributed by atoms with Gasteiger partial charge < -0.3 is 10.2 Å². The average Bonchev–Trinajstić information content (AvgIpc) is 2.60. The third-order valence-corrected chi connectivity index (χ3v) is 2.38. The quantitative estimate of drug-likeness (QED) is 0.690. The Bertz CT molecular complexity index is 728. The van der Waals surface area contributed by atoms with Gasteiger partial charge in [0.15, 0.2) is 5.65 Å². The van der Waals surface area contributed by atoms with E-state index in [1.165, 1.54) is 13.8 Å². The van der Waals surface area contributed by atoms with E-state index in [2.05, 4.69) is 10.1 Å². The molecule has 0 saturated heterocycles. The van der Waals surface area contributed by atoms with Crippen LogP contribution in [0.1, 0.15) is 23.0 Å². The first-order valence-electron chi connectivity index (χ1n) is 4.75. The lowest BCUT2D eigenvalue weighted by Gasteiger charge is -1.98. The molecular formula is C10H9N3O4. The maximum Gasteiger partial charge on any atom is 0.341 e. The second-order valence-corrected chi connectivity index (χ2v) is 3.56. The predicted molar refractivity (Wildman–Crippen MR) is 57.9 cm³/mol. The van der Waals surface area contributed by atoms with Crippen molar-refractivity contribution in [3.8, 4) is 0 Å². The second kappa shape index (κ2) is 3.55. The van der Waals surface area contributed by atoms with Crippen molar-refractivity contribution < 1.29 is 15.0 Å². The number of aromatic nitrogens is 3. The predicted octanol–water partition coefficient (Wildman–Crippen LogP) is -0.499. The molecule has 0 aliphatic rings. The molecule has 7 heteroatoms. The fraction of sp³-hybridized carbons (Fsp3) is 0.200. The standard InChI is InChI=1S/C10H9N3O4/c1-4-7(5(2)14)9(15)13-8(12-4)6(3-11-13)10(16)17/h3,14H,1-2H3,(H,16,17)/b7-5+. The van der Waals surface area contributed by atoms with Gasteiger partial charge in [-0.15, -0.1) is 0 Å². The lowest BCUT2D eigenvalue weighted by Crippen LogP contribution is -2.36. The van der Waals surface area contributed by atoms with Gasteiger partial charge in [-0.3, -0.25) is 4.79 Å². The van der Waals surface area contributed by atoms with Crippen LogP contribution in [0.15, 0.2) is 11.0 Å². The maximum absolute atomic E-state index is 11.9. The molecule has 2 heterocycles. The highest BCUT2D eigenvalue weighted by Gasteiger charge is 2.16. The van der Waals surface area contributed by atoms with Crippen molar-refractivity contribution >= 4 is 17.4 Å². The Hall–Kier alpha value is -2.44. The summed E-state index contributed by atoms with van der Waals surface area (Å²) in [6, 6.07) is 0. The van der Waals surface area contributed by atoms with Crippen LogP contribution in [0.25, 0.3) is 11.4 Å². The molecule has 0 aliphatic heterocycles. The molecule has 0 radical (unpaired) electrons. The van der Waals surface area contributed by atoms with Crippen molar-refractivity contribution in [2.24, 2.45) is 0 Å². The van der Waals surface area contributed by atoms with E-state index in [1.54, 1.807) is 0 Å². The molecule has 0 saturated carbocycles. The van der Waals surface area contributed by atoms with E-state index < -0.39 is 11.5 Å². The zero-order valence-corrected chi connectivity index (χ0v) is 9.13. The number of hydrogen-bond acceptors (Lipinski definition) is 5. The number of aliphatic hydroxyl groups excluding tert-OH is 1. The summed E-state index contributed by atoms with van der Waals surface area (Å²) in [5.41, 5.74) is -0.483. The summed E-state index contributed by atoms with van der Waals surface area (Å²) in [4.78, 5) is 26.8. The molecule has 2 aromatic rings. The third kappa shape index (κ3) is 1.52. The molecule has 0 aromatic carbocycles.